The topological polar surface area (TPSA) is 18.5 Å². The maximum Gasteiger partial charge on any atom is 0.161 e. The zero-order chi connectivity index (χ0) is 13.1. The quantitative estimate of drug-likeness (QED) is 0.830. The van der Waals surface area contributed by atoms with Crippen molar-refractivity contribution in [3.8, 4) is 11.5 Å². The van der Waals surface area contributed by atoms with E-state index in [0.717, 1.165) is 24.3 Å². The molecule has 0 saturated heterocycles. The van der Waals surface area contributed by atoms with Crippen LogP contribution < -0.4 is 9.47 Å². The maximum atomic E-state index is 5.96. The van der Waals surface area contributed by atoms with E-state index in [1.165, 1.54) is 11.1 Å². The van der Waals surface area contributed by atoms with E-state index in [4.69, 9.17) is 9.47 Å². The van der Waals surface area contributed by atoms with Crippen LogP contribution >= 0.6 is 0 Å². The second-order valence-corrected chi connectivity index (χ2v) is 5.03. The van der Waals surface area contributed by atoms with Gasteiger partial charge in [-0.3, -0.25) is 0 Å². The molecule has 2 heteroatoms. The lowest BCUT2D eigenvalue weighted by Gasteiger charge is -2.26. The number of aryl methyl sites for hydroxylation is 2. The van der Waals surface area contributed by atoms with Gasteiger partial charge in [-0.2, -0.15) is 0 Å². The molecular weight excluding hydrogens is 236 g/mol. The summed E-state index contributed by atoms with van der Waals surface area (Å²) in [5.74, 6) is 1.72. The number of rotatable bonds is 3. The Balaban J connectivity index is 1.61. The molecule has 2 aromatic rings. The van der Waals surface area contributed by atoms with Crippen LogP contribution in [0, 0.1) is 6.92 Å². The molecule has 0 amide bonds. The van der Waals surface area contributed by atoms with Crippen LogP contribution in [0.25, 0.3) is 0 Å². The molecule has 1 aliphatic heterocycles. The number of benzene rings is 2. The Bertz CT molecular complexity index is 563. The van der Waals surface area contributed by atoms with E-state index in [9.17, 15) is 0 Å². The van der Waals surface area contributed by atoms with Crippen LogP contribution in [-0.2, 0) is 6.42 Å². The van der Waals surface area contributed by atoms with Crippen molar-refractivity contribution in [2.45, 2.75) is 25.9 Å². The fourth-order valence-corrected chi connectivity index (χ4v) is 2.40. The van der Waals surface area contributed by atoms with Gasteiger partial charge in [0.1, 0.15) is 12.7 Å². The van der Waals surface area contributed by atoms with E-state index in [2.05, 4.69) is 31.2 Å². The van der Waals surface area contributed by atoms with Gasteiger partial charge in [0.15, 0.2) is 11.5 Å². The minimum absolute atomic E-state index is 0.149. The third-order valence-electron chi connectivity index (χ3n) is 3.40. The van der Waals surface area contributed by atoms with Gasteiger partial charge in [0.05, 0.1) is 0 Å². The van der Waals surface area contributed by atoms with Crippen molar-refractivity contribution in [2.75, 3.05) is 6.61 Å². The molecule has 1 unspecified atom stereocenters. The van der Waals surface area contributed by atoms with Crippen molar-refractivity contribution < 1.29 is 9.47 Å². The van der Waals surface area contributed by atoms with Crippen LogP contribution in [0.15, 0.2) is 48.5 Å². The molecule has 0 aromatic heterocycles. The van der Waals surface area contributed by atoms with Gasteiger partial charge in [0.25, 0.3) is 0 Å². The molecule has 0 saturated carbocycles. The first-order valence-electron chi connectivity index (χ1n) is 6.75. The second kappa shape index (κ2) is 5.35. The number of ether oxygens (including phenoxy) is 2. The van der Waals surface area contributed by atoms with Crippen LogP contribution in [0.2, 0.25) is 0 Å². The molecule has 3 rings (SSSR count). The molecule has 0 fully saturated rings. The Morgan fingerprint density at radius 2 is 1.89 bits per heavy atom. The van der Waals surface area contributed by atoms with E-state index in [1.807, 2.05) is 24.3 Å². The Morgan fingerprint density at radius 3 is 2.74 bits per heavy atom. The SMILES string of the molecule is Cc1cccc(CCC2COc3ccccc3O2)c1. The average molecular weight is 254 g/mol. The van der Waals surface area contributed by atoms with Crippen LogP contribution in [0.3, 0.4) is 0 Å². The lowest BCUT2D eigenvalue weighted by atomic mass is 10.0. The smallest absolute Gasteiger partial charge is 0.161 e. The van der Waals surface area contributed by atoms with Gasteiger partial charge in [-0.05, 0) is 37.5 Å². The third-order valence-corrected chi connectivity index (χ3v) is 3.40. The van der Waals surface area contributed by atoms with E-state index >= 15 is 0 Å². The molecule has 0 bridgehead atoms. The second-order valence-electron chi connectivity index (χ2n) is 5.03. The molecular formula is C17H18O2. The predicted molar refractivity (Wildman–Crippen MR) is 75.9 cm³/mol. The van der Waals surface area contributed by atoms with Crippen molar-refractivity contribution in [1.82, 2.24) is 0 Å². The average Bonchev–Trinajstić information content (AvgIpc) is 2.45. The summed E-state index contributed by atoms with van der Waals surface area (Å²) in [5.41, 5.74) is 2.67. The number of hydrogen-bond acceptors (Lipinski definition) is 2. The summed E-state index contributed by atoms with van der Waals surface area (Å²) in [4.78, 5) is 0. The Kier molecular flexibility index (Phi) is 3.41. The van der Waals surface area contributed by atoms with E-state index < -0.39 is 0 Å². The summed E-state index contributed by atoms with van der Waals surface area (Å²) >= 11 is 0. The van der Waals surface area contributed by atoms with Gasteiger partial charge in [-0.1, -0.05) is 42.0 Å². The molecule has 1 aliphatic rings. The van der Waals surface area contributed by atoms with Gasteiger partial charge in [0, 0.05) is 0 Å². The largest absolute Gasteiger partial charge is 0.486 e. The van der Waals surface area contributed by atoms with Gasteiger partial charge in [-0.25, -0.2) is 0 Å². The molecule has 19 heavy (non-hydrogen) atoms. The summed E-state index contributed by atoms with van der Waals surface area (Å²) in [7, 11) is 0. The molecule has 1 heterocycles. The summed E-state index contributed by atoms with van der Waals surface area (Å²) < 4.78 is 11.7. The van der Waals surface area contributed by atoms with Gasteiger partial charge >= 0.3 is 0 Å². The highest BCUT2D eigenvalue weighted by atomic mass is 16.6. The van der Waals surface area contributed by atoms with Crippen LogP contribution in [0.5, 0.6) is 11.5 Å². The standard InChI is InChI=1S/C17H18O2/c1-13-5-4-6-14(11-13)9-10-15-12-18-16-7-2-3-8-17(16)19-15/h2-8,11,15H,9-10,12H2,1H3. The van der Waals surface area contributed by atoms with E-state index in [0.29, 0.717) is 6.61 Å². The monoisotopic (exact) mass is 254 g/mol. The number of fused-ring (bicyclic) bond motifs is 1. The lowest BCUT2D eigenvalue weighted by Crippen LogP contribution is -2.29. The zero-order valence-electron chi connectivity index (χ0n) is 11.1. The summed E-state index contributed by atoms with van der Waals surface area (Å²) in [5, 5.41) is 0. The molecule has 0 radical (unpaired) electrons. The number of hydrogen-bond donors (Lipinski definition) is 0. The lowest BCUT2D eigenvalue weighted by molar-refractivity contribution is 0.0851. The highest BCUT2D eigenvalue weighted by Gasteiger charge is 2.20. The fraction of sp³-hybridized carbons (Fsp3) is 0.294. The van der Waals surface area contributed by atoms with E-state index in [-0.39, 0.29) is 6.10 Å². The molecule has 98 valence electrons. The Hall–Kier alpha value is -1.96. The van der Waals surface area contributed by atoms with Crippen LogP contribution in [-0.4, -0.2) is 12.7 Å². The van der Waals surface area contributed by atoms with Crippen LogP contribution in [0.1, 0.15) is 17.5 Å². The van der Waals surface area contributed by atoms with E-state index in [1.54, 1.807) is 0 Å². The minimum Gasteiger partial charge on any atom is -0.486 e. The zero-order valence-corrected chi connectivity index (χ0v) is 11.1. The summed E-state index contributed by atoms with van der Waals surface area (Å²) in [6, 6.07) is 16.5. The molecule has 0 aliphatic carbocycles. The molecule has 0 N–H and O–H groups in total. The Morgan fingerprint density at radius 1 is 1.05 bits per heavy atom. The first-order valence-corrected chi connectivity index (χ1v) is 6.75. The van der Waals surface area contributed by atoms with Crippen molar-refractivity contribution >= 4 is 0 Å². The fourth-order valence-electron chi connectivity index (χ4n) is 2.40. The highest BCUT2D eigenvalue weighted by molar-refractivity contribution is 5.40. The Labute approximate surface area is 114 Å². The minimum atomic E-state index is 0.149. The van der Waals surface area contributed by atoms with Crippen LogP contribution in [0.4, 0.5) is 0 Å². The summed E-state index contributed by atoms with van der Waals surface area (Å²) in [6.45, 7) is 2.77. The summed E-state index contributed by atoms with van der Waals surface area (Å²) in [6.07, 6.45) is 2.16. The first-order chi connectivity index (χ1) is 9.31. The third kappa shape index (κ3) is 2.90. The van der Waals surface area contributed by atoms with Gasteiger partial charge < -0.3 is 9.47 Å². The first kappa shape index (κ1) is 12.1. The normalized spacial score (nSPS) is 17.2. The van der Waals surface area contributed by atoms with Crippen molar-refractivity contribution in [3.63, 3.8) is 0 Å². The van der Waals surface area contributed by atoms with Gasteiger partial charge in [0.2, 0.25) is 0 Å². The number of para-hydroxylation sites is 2. The maximum absolute atomic E-state index is 5.96. The molecule has 2 nitrogen and oxygen atoms in total. The highest BCUT2D eigenvalue weighted by Crippen LogP contribution is 2.31. The van der Waals surface area contributed by atoms with Gasteiger partial charge in [-0.15, -0.1) is 0 Å². The molecule has 0 spiro atoms. The molecule has 1 atom stereocenters. The van der Waals surface area contributed by atoms with Crippen molar-refractivity contribution in [3.05, 3.63) is 59.7 Å². The van der Waals surface area contributed by atoms with Crippen molar-refractivity contribution in [2.24, 2.45) is 0 Å². The predicted octanol–water partition coefficient (Wildman–Crippen LogP) is 3.77. The van der Waals surface area contributed by atoms with Crippen molar-refractivity contribution in [1.29, 1.82) is 0 Å². The molecule has 2 aromatic carbocycles.